The highest BCUT2D eigenvalue weighted by molar-refractivity contribution is 7.13. The van der Waals surface area contributed by atoms with Gasteiger partial charge in [-0.2, -0.15) is 0 Å². The highest BCUT2D eigenvalue weighted by Gasteiger charge is 2.67. The topological polar surface area (TPSA) is 118 Å². The normalized spacial score (nSPS) is 24.4. The Hall–Kier alpha value is -3.95. The van der Waals surface area contributed by atoms with E-state index in [-0.39, 0.29) is 23.2 Å². The molecule has 0 saturated carbocycles. The lowest BCUT2D eigenvalue weighted by atomic mass is 9.49. The second-order valence-electron chi connectivity index (χ2n) is 9.54. The maximum absolute atomic E-state index is 13.9. The van der Waals surface area contributed by atoms with E-state index in [9.17, 15) is 20.0 Å². The van der Waals surface area contributed by atoms with E-state index in [2.05, 4.69) is 15.3 Å². The first-order valence-corrected chi connectivity index (χ1v) is 12.4. The summed E-state index contributed by atoms with van der Waals surface area (Å²) in [5, 5.41) is 28.3. The van der Waals surface area contributed by atoms with Crippen molar-refractivity contribution in [3.05, 3.63) is 122 Å². The number of nitrogens with one attached hydrogen (secondary N) is 1. The van der Waals surface area contributed by atoms with Gasteiger partial charge >= 0.3 is 0 Å². The molecule has 0 fully saturated rings. The minimum Gasteiger partial charge on any atom is -0.382 e. The summed E-state index contributed by atoms with van der Waals surface area (Å²) in [6.07, 6.45) is 2.25. The van der Waals surface area contributed by atoms with Crippen molar-refractivity contribution < 1.29 is 14.8 Å². The highest BCUT2D eigenvalue weighted by atomic mass is 32.1. The third kappa shape index (κ3) is 3.06. The SMILES string of the molecule is CC1(C(=O)Nc2nc(C(O)c3cccnc3)cs2)CC2([N+](=O)[O-])c3ccccc3C1c1ccccc12. The van der Waals surface area contributed by atoms with Crippen LogP contribution in [0.2, 0.25) is 0 Å². The van der Waals surface area contributed by atoms with Crippen LogP contribution in [0.25, 0.3) is 0 Å². The molecule has 0 radical (unpaired) electrons. The summed E-state index contributed by atoms with van der Waals surface area (Å²) in [6.45, 7) is 1.80. The summed E-state index contributed by atoms with van der Waals surface area (Å²) in [5.41, 5.74) is 1.31. The van der Waals surface area contributed by atoms with Crippen LogP contribution in [0.5, 0.6) is 0 Å². The molecule has 36 heavy (non-hydrogen) atoms. The van der Waals surface area contributed by atoms with Crippen LogP contribution in [0, 0.1) is 15.5 Å². The summed E-state index contributed by atoms with van der Waals surface area (Å²) in [4.78, 5) is 34.9. The number of carbonyl (C=O) groups is 1. The molecular weight excluding hydrogens is 476 g/mol. The van der Waals surface area contributed by atoms with Gasteiger partial charge in [0, 0.05) is 51.7 Å². The predicted molar refractivity (Wildman–Crippen MR) is 134 cm³/mol. The first-order valence-electron chi connectivity index (χ1n) is 11.5. The number of fused-ring (bicyclic) bond motifs is 1. The molecule has 180 valence electrons. The quantitative estimate of drug-likeness (QED) is 0.306. The zero-order chi connectivity index (χ0) is 25.1. The number of thiazole rings is 1. The number of hydrogen-bond acceptors (Lipinski definition) is 7. The number of pyridine rings is 1. The standard InChI is InChI=1S/C27H22N4O4S/c1-26(24(33)30-25-29-21(14-36-25)23(32)16-7-6-12-28-13-16)15-27(31(34)35)19-10-4-2-8-17(19)22(26)18-9-3-5-11-20(18)27/h2-14,22-23,32H,15H2,1H3,(H,29,30,33). The molecule has 2 N–H and O–H groups in total. The van der Waals surface area contributed by atoms with Crippen LogP contribution in [0.1, 0.15) is 58.9 Å². The molecule has 2 unspecified atom stereocenters. The van der Waals surface area contributed by atoms with Gasteiger partial charge in [-0.05, 0) is 24.1 Å². The Morgan fingerprint density at radius 2 is 1.81 bits per heavy atom. The van der Waals surface area contributed by atoms with Crippen LogP contribution in [-0.2, 0) is 10.3 Å². The molecule has 2 atom stereocenters. The van der Waals surface area contributed by atoms with E-state index in [1.54, 1.807) is 36.8 Å². The number of aromatic nitrogens is 2. The van der Waals surface area contributed by atoms with Crippen molar-refractivity contribution in [2.75, 3.05) is 5.32 Å². The van der Waals surface area contributed by atoms with E-state index in [1.807, 2.05) is 48.5 Å². The Morgan fingerprint density at radius 3 is 2.42 bits per heavy atom. The third-order valence-electron chi connectivity index (χ3n) is 7.55. The molecule has 4 aromatic rings. The van der Waals surface area contributed by atoms with Crippen molar-refractivity contribution in [3.63, 3.8) is 0 Å². The van der Waals surface area contributed by atoms with Crippen LogP contribution in [0.4, 0.5) is 5.13 Å². The van der Waals surface area contributed by atoms with E-state index < -0.39 is 17.1 Å². The van der Waals surface area contributed by atoms with Crippen LogP contribution in [-0.4, -0.2) is 25.9 Å². The number of carbonyl (C=O) groups excluding carboxylic acids is 1. The number of nitro groups is 1. The second-order valence-corrected chi connectivity index (χ2v) is 10.4. The van der Waals surface area contributed by atoms with E-state index in [1.165, 1.54) is 11.3 Å². The van der Waals surface area contributed by atoms with Crippen molar-refractivity contribution >= 4 is 22.4 Å². The molecule has 3 aliphatic rings. The van der Waals surface area contributed by atoms with Gasteiger partial charge in [0.15, 0.2) is 5.13 Å². The number of amides is 1. The van der Waals surface area contributed by atoms with Gasteiger partial charge in [-0.25, -0.2) is 4.98 Å². The van der Waals surface area contributed by atoms with E-state index in [0.717, 1.165) is 11.1 Å². The number of aliphatic hydroxyl groups is 1. The Balaban J connectivity index is 1.39. The molecule has 2 heterocycles. The fourth-order valence-corrected chi connectivity index (χ4v) is 6.69. The van der Waals surface area contributed by atoms with Crippen LogP contribution < -0.4 is 5.32 Å². The summed E-state index contributed by atoms with van der Waals surface area (Å²) in [5.74, 6) is -0.674. The zero-order valence-corrected chi connectivity index (χ0v) is 20.1. The second kappa shape index (κ2) is 8.04. The van der Waals surface area contributed by atoms with Crippen molar-refractivity contribution in [3.8, 4) is 0 Å². The molecule has 9 heteroatoms. The van der Waals surface area contributed by atoms with Gasteiger partial charge < -0.3 is 10.4 Å². The van der Waals surface area contributed by atoms with Crippen LogP contribution >= 0.6 is 11.3 Å². The maximum atomic E-state index is 13.9. The number of benzene rings is 2. The lowest BCUT2D eigenvalue weighted by Gasteiger charge is -2.52. The lowest BCUT2D eigenvalue weighted by Crippen LogP contribution is -2.57. The maximum Gasteiger partial charge on any atom is 0.273 e. The smallest absolute Gasteiger partial charge is 0.273 e. The molecule has 8 nitrogen and oxygen atoms in total. The van der Waals surface area contributed by atoms with Gasteiger partial charge in [0.25, 0.3) is 5.54 Å². The molecule has 2 aromatic carbocycles. The minimum absolute atomic E-state index is 0.0358. The van der Waals surface area contributed by atoms with Gasteiger partial charge in [0.1, 0.15) is 6.10 Å². The van der Waals surface area contributed by atoms with Crippen LogP contribution in [0.15, 0.2) is 78.4 Å². The summed E-state index contributed by atoms with van der Waals surface area (Å²) in [6, 6.07) is 18.2. The number of hydrogen-bond donors (Lipinski definition) is 2. The average molecular weight is 499 g/mol. The van der Waals surface area contributed by atoms with Gasteiger partial charge in [-0.1, -0.05) is 54.6 Å². The Morgan fingerprint density at radius 1 is 1.14 bits per heavy atom. The summed E-state index contributed by atoms with van der Waals surface area (Å²) in [7, 11) is 0. The lowest BCUT2D eigenvalue weighted by molar-refractivity contribution is -0.573. The van der Waals surface area contributed by atoms with Gasteiger partial charge in [-0.15, -0.1) is 11.3 Å². The van der Waals surface area contributed by atoms with E-state index in [4.69, 9.17) is 0 Å². The van der Waals surface area contributed by atoms with E-state index in [0.29, 0.717) is 27.5 Å². The third-order valence-corrected chi connectivity index (χ3v) is 8.32. The van der Waals surface area contributed by atoms with Crippen molar-refractivity contribution in [1.82, 2.24) is 9.97 Å². The molecular formula is C27H22N4O4S. The Labute approximate surface area is 210 Å². The zero-order valence-electron chi connectivity index (χ0n) is 19.3. The first-order chi connectivity index (χ1) is 17.4. The van der Waals surface area contributed by atoms with Crippen molar-refractivity contribution in [2.45, 2.75) is 30.9 Å². The summed E-state index contributed by atoms with van der Waals surface area (Å²) < 4.78 is 0. The van der Waals surface area contributed by atoms with Crippen molar-refractivity contribution in [1.29, 1.82) is 0 Å². The Kier molecular flexibility index (Phi) is 5.03. The monoisotopic (exact) mass is 498 g/mol. The molecule has 3 aliphatic carbocycles. The van der Waals surface area contributed by atoms with Gasteiger partial charge in [0.05, 0.1) is 11.1 Å². The fourth-order valence-electron chi connectivity index (χ4n) is 5.96. The van der Waals surface area contributed by atoms with Crippen molar-refractivity contribution in [2.24, 2.45) is 5.41 Å². The Bertz CT molecular complexity index is 1460. The largest absolute Gasteiger partial charge is 0.382 e. The fraction of sp³-hybridized carbons (Fsp3) is 0.222. The molecule has 2 bridgehead atoms. The number of rotatable bonds is 5. The highest BCUT2D eigenvalue weighted by Crippen LogP contribution is 2.64. The van der Waals surface area contributed by atoms with Crippen LogP contribution in [0.3, 0.4) is 0 Å². The molecule has 0 aliphatic heterocycles. The van der Waals surface area contributed by atoms with Gasteiger partial charge in [-0.3, -0.25) is 19.9 Å². The molecule has 0 saturated heterocycles. The summed E-state index contributed by atoms with van der Waals surface area (Å²) >= 11 is 1.20. The minimum atomic E-state index is -1.52. The van der Waals surface area contributed by atoms with E-state index >= 15 is 0 Å². The number of anilines is 1. The number of nitrogens with zero attached hydrogens (tertiary/aromatic N) is 3. The molecule has 0 spiro atoms. The molecule has 1 amide bonds. The number of aliphatic hydroxyl groups excluding tert-OH is 1. The average Bonchev–Trinajstić information content (AvgIpc) is 3.37. The molecule has 2 aromatic heterocycles. The molecule has 7 rings (SSSR count). The first kappa shape index (κ1) is 22.5. The van der Waals surface area contributed by atoms with Gasteiger partial charge in [0.2, 0.25) is 5.91 Å². The predicted octanol–water partition coefficient (Wildman–Crippen LogP) is 4.63.